The number of hydrogen-bond acceptors (Lipinski definition) is 5. The SMILES string of the molecule is CCCCc1ccc(-n2c(SCC(=O)NC(C)COC)nc3ccccc3c2=O)cc1. The molecule has 1 amide bonds. The van der Waals surface area contributed by atoms with Crippen molar-refractivity contribution in [3.8, 4) is 5.69 Å². The zero-order chi connectivity index (χ0) is 22.2. The molecule has 0 saturated carbocycles. The van der Waals surface area contributed by atoms with Crippen LogP contribution in [-0.2, 0) is 16.0 Å². The van der Waals surface area contributed by atoms with Gasteiger partial charge in [-0.15, -0.1) is 0 Å². The number of amides is 1. The number of carbonyl (C=O) groups excluding carboxylic acids is 1. The molecule has 31 heavy (non-hydrogen) atoms. The first-order valence-corrected chi connectivity index (χ1v) is 11.5. The van der Waals surface area contributed by atoms with E-state index in [1.165, 1.54) is 17.3 Å². The number of thioether (sulfide) groups is 1. The fourth-order valence-corrected chi connectivity index (χ4v) is 4.19. The van der Waals surface area contributed by atoms with Crippen LogP contribution in [0.1, 0.15) is 32.3 Å². The van der Waals surface area contributed by atoms with Crippen LogP contribution in [0.2, 0.25) is 0 Å². The van der Waals surface area contributed by atoms with Crippen LogP contribution < -0.4 is 10.9 Å². The normalized spacial score (nSPS) is 12.1. The van der Waals surface area contributed by atoms with Crippen LogP contribution in [0.3, 0.4) is 0 Å². The van der Waals surface area contributed by atoms with E-state index in [4.69, 9.17) is 9.72 Å². The Morgan fingerprint density at radius 3 is 2.65 bits per heavy atom. The fourth-order valence-electron chi connectivity index (χ4n) is 3.37. The number of ether oxygens (including phenoxy) is 1. The molecular formula is C24H29N3O3S. The van der Waals surface area contributed by atoms with Gasteiger partial charge in [0.15, 0.2) is 5.16 Å². The van der Waals surface area contributed by atoms with Gasteiger partial charge in [-0.1, -0.05) is 49.4 Å². The van der Waals surface area contributed by atoms with Crippen molar-refractivity contribution >= 4 is 28.6 Å². The van der Waals surface area contributed by atoms with Crippen LogP contribution in [-0.4, -0.2) is 41.0 Å². The van der Waals surface area contributed by atoms with E-state index in [2.05, 4.69) is 24.4 Å². The largest absolute Gasteiger partial charge is 0.383 e. The number of nitrogens with zero attached hydrogens (tertiary/aromatic N) is 2. The van der Waals surface area contributed by atoms with Crippen molar-refractivity contribution in [2.45, 2.75) is 44.3 Å². The molecule has 6 nitrogen and oxygen atoms in total. The number of benzene rings is 2. The molecule has 1 atom stereocenters. The number of hydrogen-bond donors (Lipinski definition) is 1. The fraction of sp³-hybridized carbons (Fsp3) is 0.375. The Morgan fingerprint density at radius 1 is 1.19 bits per heavy atom. The Labute approximate surface area is 187 Å². The summed E-state index contributed by atoms with van der Waals surface area (Å²) in [6.45, 7) is 4.50. The average Bonchev–Trinajstić information content (AvgIpc) is 2.77. The molecule has 3 aromatic rings. The first-order chi connectivity index (χ1) is 15.0. The monoisotopic (exact) mass is 439 g/mol. The van der Waals surface area contributed by atoms with Gasteiger partial charge in [-0.05, 0) is 49.6 Å². The Hall–Kier alpha value is -2.64. The molecule has 0 radical (unpaired) electrons. The van der Waals surface area contributed by atoms with Crippen LogP contribution in [0.4, 0.5) is 0 Å². The van der Waals surface area contributed by atoms with Crippen molar-refractivity contribution in [2.75, 3.05) is 19.5 Å². The lowest BCUT2D eigenvalue weighted by Crippen LogP contribution is -2.36. The molecule has 1 N–H and O–H groups in total. The van der Waals surface area contributed by atoms with Gasteiger partial charge in [0, 0.05) is 13.2 Å². The quantitative estimate of drug-likeness (QED) is 0.382. The Bertz CT molecular complexity index is 1080. The lowest BCUT2D eigenvalue weighted by atomic mass is 10.1. The van der Waals surface area contributed by atoms with Gasteiger partial charge in [-0.25, -0.2) is 4.98 Å². The maximum absolute atomic E-state index is 13.3. The van der Waals surface area contributed by atoms with Crippen molar-refractivity contribution < 1.29 is 9.53 Å². The predicted molar refractivity (Wildman–Crippen MR) is 126 cm³/mol. The number of carbonyl (C=O) groups is 1. The van der Waals surface area contributed by atoms with Crippen LogP contribution in [0.5, 0.6) is 0 Å². The molecular weight excluding hydrogens is 410 g/mol. The molecule has 0 aliphatic heterocycles. The number of aromatic nitrogens is 2. The van der Waals surface area contributed by atoms with Crippen molar-refractivity contribution in [3.63, 3.8) is 0 Å². The van der Waals surface area contributed by atoms with E-state index in [1.54, 1.807) is 17.7 Å². The van der Waals surface area contributed by atoms with Gasteiger partial charge >= 0.3 is 0 Å². The van der Waals surface area contributed by atoms with E-state index in [-0.39, 0.29) is 23.3 Å². The van der Waals surface area contributed by atoms with E-state index in [9.17, 15) is 9.59 Å². The van der Waals surface area contributed by atoms with Crippen molar-refractivity contribution in [1.29, 1.82) is 0 Å². The molecule has 0 aliphatic carbocycles. The second-order valence-electron chi connectivity index (χ2n) is 7.53. The van der Waals surface area contributed by atoms with Gasteiger partial charge in [-0.3, -0.25) is 14.2 Å². The summed E-state index contributed by atoms with van der Waals surface area (Å²) in [7, 11) is 1.60. The summed E-state index contributed by atoms with van der Waals surface area (Å²) in [5.74, 6) is 0.0337. The van der Waals surface area contributed by atoms with E-state index >= 15 is 0 Å². The highest BCUT2D eigenvalue weighted by Crippen LogP contribution is 2.22. The molecule has 3 rings (SSSR count). The molecule has 2 aromatic carbocycles. The minimum atomic E-state index is -0.137. The number of para-hydroxylation sites is 1. The topological polar surface area (TPSA) is 73.2 Å². The highest BCUT2D eigenvalue weighted by molar-refractivity contribution is 7.99. The maximum atomic E-state index is 13.3. The Balaban J connectivity index is 1.92. The minimum Gasteiger partial charge on any atom is -0.383 e. The average molecular weight is 440 g/mol. The van der Waals surface area contributed by atoms with Gasteiger partial charge in [-0.2, -0.15) is 0 Å². The minimum absolute atomic E-state index is 0.0829. The first kappa shape index (κ1) is 23.0. The number of rotatable bonds is 10. The second-order valence-corrected chi connectivity index (χ2v) is 8.48. The van der Waals surface area contributed by atoms with Gasteiger partial charge in [0.2, 0.25) is 5.91 Å². The zero-order valence-corrected chi connectivity index (χ0v) is 19.1. The lowest BCUT2D eigenvalue weighted by Gasteiger charge is -2.15. The van der Waals surface area contributed by atoms with Gasteiger partial charge in [0.05, 0.1) is 29.0 Å². The molecule has 164 valence electrons. The molecule has 0 bridgehead atoms. The summed E-state index contributed by atoms with van der Waals surface area (Å²) < 4.78 is 6.66. The van der Waals surface area contributed by atoms with Crippen LogP contribution in [0, 0.1) is 0 Å². The van der Waals surface area contributed by atoms with Gasteiger partial charge in [0.1, 0.15) is 0 Å². The molecule has 0 saturated heterocycles. The summed E-state index contributed by atoms with van der Waals surface area (Å²) in [6, 6.07) is 15.2. The first-order valence-electron chi connectivity index (χ1n) is 10.6. The molecule has 1 heterocycles. The third-order valence-electron chi connectivity index (χ3n) is 4.91. The Kier molecular flexibility index (Phi) is 8.26. The Morgan fingerprint density at radius 2 is 1.94 bits per heavy atom. The third-order valence-corrected chi connectivity index (χ3v) is 5.85. The number of aryl methyl sites for hydroxylation is 1. The number of nitrogens with one attached hydrogen (secondary N) is 1. The summed E-state index contributed by atoms with van der Waals surface area (Å²) in [6.07, 6.45) is 3.29. The van der Waals surface area contributed by atoms with E-state index < -0.39 is 0 Å². The molecule has 0 fully saturated rings. The van der Waals surface area contributed by atoms with Gasteiger partial charge in [0.25, 0.3) is 5.56 Å². The standard InChI is InChI=1S/C24H29N3O3S/c1-4-5-8-18-11-13-19(14-12-18)27-23(29)20-9-6-7-10-21(20)26-24(27)31-16-22(28)25-17(2)15-30-3/h6-7,9-14,17H,4-5,8,15-16H2,1-3H3,(H,25,28). The summed E-state index contributed by atoms with van der Waals surface area (Å²) in [5, 5.41) is 3.94. The summed E-state index contributed by atoms with van der Waals surface area (Å²) in [4.78, 5) is 30.3. The number of unbranched alkanes of at least 4 members (excludes halogenated alkanes) is 1. The molecule has 0 spiro atoms. The molecule has 0 aliphatic rings. The maximum Gasteiger partial charge on any atom is 0.266 e. The van der Waals surface area contributed by atoms with Crippen molar-refractivity contribution in [1.82, 2.24) is 14.9 Å². The molecule has 1 aromatic heterocycles. The van der Waals surface area contributed by atoms with Gasteiger partial charge < -0.3 is 10.1 Å². The third kappa shape index (κ3) is 5.95. The molecule has 7 heteroatoms. The van der Waals surface area contributed by atoms with Crippen LogP contribution in [0.25, 0.3) is 16.6 Å². The van der Waals surface area contributed by atoms with E-state index in [0.717, 1.165) is 24.9 Å². The van der Waals surface area contributed by atoms with Crippen molar-refractivity contribution in [2.24, 2.45) is 0 Å². The van der Waals surface area contributed by atoms with E-state index in [0.29, 0.717) is 22.7 Å². The summed E-state index contributed by atoms with van der Waals surface area (Å²) >= 11 is 1.26. The lowest BCUT2D eigenvalue weighted by molar-refractivity contribution is -0.119. The molecule has 1 unspecified atom stereocenters. The summed E-state index contributed by atoms with van der Waals surface area (Å²) in [5.41, 5.74) is 2.48. The highest BCUT2D eigenvalue weighted by Gasteiger charge is 2.15. The highest BCUT2D eigenvalue weighted by atomic mass is 32.2. The second kappa shape index (κ2) is 11.1. The van der Waals surface area contributed by atoms with Crippen LogP contribution >= 0.6 is 11.8 Å². The zero-order valence-electron chi connectivity index (χ0n) is 18.3. The smallest absolute Gasteiger partial charge is 0.266 e. The van der Waals surface area contributed by atoms with E-state index in [1.807, 2.05) is 37.3 Å². The number of methoxy groups -OCH3 is 1. The van der Waals surface area contributed by atoms with Crippen LogP contribution in [0.15, 0.2) is 58.5 Å². The van der Waals surface area contributed by atoms with Crippen molar-refractivity contribution in [3.05, 3.63) is 64.4 Å². The predicted octanol–water partition coefficient (Wildman–Crippen LogP) is 3.97. The number of fused-ring (bicyclic) bond motifs is 1.